The van der Waals surface area contributed by atoms with Crippen LogP contribution >= 0.6 is 0 Å². The van der Waals surface area contributed by atoms with Gasteiger partial charge < -0.3 is 20.1 Å². The van der Waals surface area contributed by atoms with Gasteiger partial charge in [-0.2, -0.15) is 0 Å². The van der Waals surface area contributed by atoms with E-state index in [9.17, 15) is 14.7 Å². The van der Waals surface area contributed by atoms with Crippen LogP contribution in [0, 0.1) is 11.8 Å². The molecule has 0 radical (unpaired) electrons. The van der Waals surface area contributed by atoms with Gasteiger partial charge in [0.15, 0.2) is 0 Å². The van der Waals surface area contributed by atoms with Crippen molar-refractivity contribution >= 4 is 17.5 Å². The van der Waals surface area contributed by atoms with Gasteiger partial charge in [0.2, 0.25) is 5.82 Å². The van der Waals surface area contributed by atoms with Gasteiger partial charge in [-0.1, -0.05) is 42.2 Å². The molecule has 2 aromatic carbocycles. The summed E-state index contributed by atoms with van der Waals surface area (Å²) in [5, 5.41) is 16.7. The second-order valence-electron chi connectivity index (χ2n) is 8.48. The molecule has 9 heteroatoms. The summed E-state index contributed by atoms with van der Waals surface area (Å²) in [6.45, 7) is 3.62. The zero-order valence-electron chi connectivity index (χ0n) is 19.1. The summed E-state index contributed by atoms with van der Waals surface area (Å²) in [6.07, 6.45) is 1.48. The third kappa shape index (κ3) is 5.42. The van der Waals surface area contributed by atoms with Crippen LogP contribution in [0.2, 0.25) is 0 Å². The molecule has 2 amide bonds. The summed E-state index contributed by atoms with van der Waals surface area (Å²) in [6, 6.07) is 13.9. The molecule has 0 saturated heterocycles. The van der Waals surface area contributed by atoms with Crippen molar-refractivity contribution < 1.29 is 19.4 Å². The topological polar surface area (TPSA) is 110 Å². The molecule has 2 N–H and O–H groups in total. The molecule has 34 heavy (non-hydrogen) atoms. The van der Waals surface area contributed by atoms with E-state index in [1.807, 2.05) is 30.3 Å². The first-order chi connectivity index (χ1) is 16.2. The second-order valence-corrected chi connectivity index (χ2v) is 8.48. The predicted octanol–water partition coefficient (Wildman–Crippen LogP) is 1.60. The average molecular weight is 460 g/mol. The van der Waals surface area contributed by atoms with Gasteiger partial charge in [0, 0.05) is 12.6 Å². The Labute approximate surface area is 197 Å². The lowest BCUT2D eigenvalue weighted by Crippen LogP contribution is -2.49. The quantitative estimate of drug-likeness (QED) is 0.574. The number of amides is 2. The maximum Gasteiger partial charge on any atom is 0.291 e. The highest BCUT2D eigenvalue weighted by molar-refractivity contribution is 6.02. The number of rotatable bonds is 4. The lowest BCUT2D eigenvalue weighted by molar-refractivity contribution is -0.120. The number of aliphatic hydroxyl groups is 1. The van der Waals surface area contributed by atoms with Crippen molar-refractivity contribution in [3.05, 3.63) is 71.8 Å². The van der Waals surface area contributed by atoms with Crippen molar-refractivity contribution in [2.45, 2.75) is 32.0 Å². The minimum atomic E-state index is -1.14. The fourth-order valence-electron chi connectivity index (χ4n) is 3.37. The van der Waals surface area contributed by atoms with E-state index in [1.165, 1.54) is 11.2 Å². The van der Waals surface area contributed by atoms with Gasteiger partial charge >= 0.3 is 0 Å². The minimum absolute atomic E-state index is 0.0303. The number of fused-ring (bicyclic) bond motifs is 1. The van der Waals surface area contributed by atoms with Crippen molar-refractivity contribution in [3.8, 4) is 17.6 Å². The van der Waals surface area contributed by atoms with Gasteiger partial charge in [0.1, 0.15) is 30.3 Å². The van der Waals surface area contributed by atoms with Crippen molar-refractivity contribution in [2.75, 3.05) is 18.6 Å². The van der Waals surface area contributed by atoms with Crippen LogP contribution < -0.4 is 15.0 Å². The third-order valence-corrected chi connectivity index (χ3v) is 5.10. The Hall–Kier alpha value is -4.16. The van der Waals surface area contributed by atoms with Crippen LogP contribution in [-0.4, -0.2) is 57.0 Å². The summed E-state index contributed by atoms with van der Waals surface area (Å²) in [5.41, 5.74) is 1.04. The Morgan fingerprint density at radius 2 is 2.03 bits per heavy atom. The first-order valence-corrected chi connectivity index (χ1v) is 10.7. The Kier molecular flexibility index (Phi) is 6.34. The Morgan fingerprint density at radius 1 is 1.26 bits per heavy atom. The number of carbonyl (C=O) groups excluding carboxylic acids is 2. The summed E-state index contributed by atoms with van der Waals surface area (Å²) in [7, 11) is 1.61. The number of nitrogens with one attached hydrogen (secondary N) is 1. The molecule has 0 saturated carbocycles. The zero-order valence-corrected chi connectivity index (χ0v) is 19.1. The molecule has 174 valence electrons. The highest BCUT2D eigenvalue weighted by atomic mass is 16.5. The van der Waals surface area contributed by atoms with Gasteiger partial charge in [-0.25, -0.2) is 9.67 Å². The molecule has 0 bridgehead atoms. The maximum atomic E-state index is 13.1. The molecule has 0 fully saturated rings. The number of nitrogens with zero attached hydrogens (tertiary/aromatic N) is 4. The van der Waals surface area contributed by atoms with Crippen LogP contribution in [0.5, 0.6) is 5.75 Å². The number of aromatic nitrogens is 3. The lowest BCUT2D eigenvalue weighted by Gasteiger charge is -2.20. The zero-order chi connectivity index (χ0) is 24.3. The van der Waals surface area contributed by atoms with Gasteiger partial charge in [-0.05, 0) is 37.6 Å². The second kappa shape index (κ2) is 9.37. The van der Waals surface area contributed by atoms with Crippen molar-refractivity contribution in [1.82, 2.24) is 20.1 Å². The highest BCUT2D eigenvalue weighted by Crippen LogP contribution is 2.31. The van der Waals surface area contributed by atoms with Crippen molar-refractivity contribution in [1.29, 1.82) is 0 Å². The average Bonchev–Trinajstić information content (AvgIpc) is 3.24. The number of anilines is 1. The third-order valence-electron chi connectivity index (χ3n) is 5.10. The molecule has 0 aliphatic carbocycles. The van der Waals surface area contributed by atoms with Crippen LogP contribution in [-0.2, 0) is 11.3 Å². The van der Waals surface area contributed by atoms with Crippen LogP contribution in [0.3, 0.4) is 0 Å². The molecule has 1 unspecified atom stereocenters. The fraction of sp³-hybridized carbons (Fsp3) is 0.280. The van der Waals surface area contributed by atoms with Crippen LogP contribution in [0.4, 0.5) is 5.69 Å². The number of carbonyl (C=O) groups is 2. The molecular formula is C25H25N5O4. The van der Waals surface area contributed by atoms with Gasteiger partial charge in [-0.3, -0.25) is 9.59 Å². The first kappa shape index (κ1) is 23.0. The molecular weight excluding hydrogens is 434 g/mol. The molecule has 0 spiro atoms. The fourth-order valence-corrected chi connectivity index (χ4v) is 3.37. The van der Waals surface area contributed by atoms with E-state index in [-0.39, 0.29) is 18.3 Å². The van der Waals surface area contributed by atoms with E-state index in [0.717, 1.165) is 5.56 Å². The number of hydrogen-bond acceptors (Lipinski definition) is 6. The normalized spacial score (nSPS) is 15.5. The minimum Gasteiger partial charge on any atom is -0.489 e. The number of benzene rings is 2. The van der Waals surface area contributed by atoms with Crippen LogP contribution in [0.25, 0.3) is 0 Å². The van der Waals surface area contributed by atoms with E-state index in [1.54, 1.807) is 43.8 Å². The van der Waals surface area contributed by atoms with Crippen LogP contribution in [0.1, 0.15) is 35.6 Å². The van der Waals surface area contributed by atoms with E-state index in [0.29, 0.717) is 23.5 Å². The SMILES string of the molecule is CN1C(=O)C(NC(=O)c2ncn(Cc3ccccc3)n2)COc2ccc(C#CC(C)(C)O)cc21. The van der Waals surface area contributed by atoms with E-state index < -0.39 is 17.6 Å². The Balaban J connectivity index is 1.46. The first-order valence-electron chi connectivity index (χ1n) is 10.7. The summed E-state index contributed by atoms with van der Waals surface area (Å²) < 4.78 is 7.37. The summed E-state index contributed by atoms with van der Waals surface area (Å²) in [4.78, 5) is 31.3. The number of hydrogen-bond donors (Lipinski definition) is 2. The Bertz CT molecular complexity index is 1270. The largest absolute Gasteiger partial charge is 0.489 e. The van der Waals surface area contributed by atoms with Crippen LogP contribution in [0.15, 0.2) is 54.9 Å². The molecule has 1 aliphatic rings. The molecule has 4 rings (SSSR count). The van der Waals surface area contributed by atoms with Gasteiger partial charge in [0.05, 0.1) is 12.2 Å². The summed E-state index contributed by atoms with van der Waals surface area (Å²) in [5.74, 6) is 5.19. The smallest absolute Gasteiger partial charge is 0.291 e. The molecule has 9 nitrogen and oxygen atoms in total. The molecule has 1 aromatic heterocycles. The van der Waals surface area contributed by atoms with E-state index >= 15 is 0 Å². The molecule has 2 heterocycles. The molecule has 3 aromatic rings. The van der Waals surface area contributed by atoms with E-state index in [2.05, 4.69) is 27.2 Å². The van der Waals surface area contributed by atoms with Crippen molar-refractivity contribution in [3.63, 3.8) is 0 Å². The van der Waals surface area contributed by atoms with E-state index in [4.69, 9.17) is 4.74 Å². The standard InChI is InChI=1S/C25H25N5O4/c1-25(2,33)12-11-17-9-10-21-20(13-17)29(3)24(32)19(15-34-21)27-23(31)22-26-16-30(28-22)14-18-7-5-4-6-8-18/h4-10,13,16,19,33H,14-15H2,1-3H3,(H,27,31). The lowest BCUT2D eigenvalue weighted by atomic mass is 10.1. The number of likely N-dealkylation sites (N-methyl/N-ethyl adjacent to an activating group) is 1. The van der Waals surface area contributed by atoms with Crippen molar-refractivity contribution in [2.24, 2.45) is 0 Å². The van der Waals surface area contributed by atoms with Gasteiger partial charge in [-0.15, -0.1) is 5.10 Å². The predicted molar refractivity (Wildman–Crippen MR) is 125 cm³/mol. The maximum absolute atomic E-state index is 13.1. The van der Waals surface area contributed by atoms with Gasteiger partial charge in [0.25, 0.3) is 11.8 Å². The Morgan fingerprint density at radius 3 is 2.76 bits per heavy atom. The molecule has 1 atom stereocenters. The monoisotopic (exact) mass is 459 g/mol. The summed E-state index contributed by atoms with van der Waals surface area (Å²) >= 11 is 0. The number of ether oxygens (including phenoxy) is 1. The molecule has 1 aliphatic heterocycles. The highest BCUT2D eigenvalue weighted by Gasteiger charge is 2.31.